The molecule has 96 valence electrons. The van der Waals surface area contributed by atoms with Crippen LogP contribution in [0.1, 0.15) is 34.1 Å². The topological polar surface area (TPSA) is 55.9 Å². The molecule has 2 rings (SSSR count). The maximum atomic E-state index is 5.75. The van der Waals surface area contributed by atoms with Crippen LogP contribution in [0.3, 0.4) is 0 Å². The molecule has 4 nitrogen and oxygen atoms in total. The second-order valence-electron chi connectivity index (χ2n) is 4.72. The molecule has 0 spiro atoms. The Hall–Kier alpha value is -1.65. The van der Waals surface area contributed by atoms with E-state index in [1.54, 1.807) is 0 Å². The molecule has 0 aliphatic heterocycles. The molecule has 0 aliphatic rings. The standard InChI is InChI=1S/C14H20N4/c1-9-6-5-7-12(8-9)14(16-15)13-10(2)17-18(4)11(13)3/h5-8,14,16H,15H2,1-4H3. The summed E-state index contributed by atoms with van der Waals surface area (Å²) in [7, 11) is 1.95. The van der Waals surface area contributed by atoms with E-state index < -0.39 is 0 Å². The van der Waals surface area contributed by atoms with Gasteiger partial charge in [0.1, 0.15) is 0 Å². The number of benzene rings is 1. The number of aromatic nitrogens is 2. The fourth-order valence-electron chi connectivity index (χ4n) is 2.40. The normalized spacial score (nSPS) is 12.7. The number of nitrogens with zero attached hydrogens (tertiary/aromatic N) is 2. The van der Waals surface area contributed by atoms with Gasteiger partial charge in [-0.2, -0.15) is 5.10 Å². The quantitative estimate of drug-likeness (QED) is 0.640. The molecular weight excluding hydrogens is 224 g/mol. The van der Waals surface area contributed by atoms with Crippen molar-refractivity contribution in [3.05, 3.63) is 52.3 Å². The van der Waals surface area contributed by atoms with Crippen LogP contribution in [0, 0.1) is 20.8 Å². The van der Waals surface area contributed by atoms with Crippen molar-refractivity contribution in [2.45, 2.75) is 26.8 Å². The largest absolute Gasteiger partial charge is 0.272 e. The van der Waals surface area contributed by atoms with Crippen molar-refractivity contribution >= 4 is 0 Å². The predicted molar refractivity (Wildman–Crippen MR) is 73.0 cm³/mol. The molecule has 0 saturated carbocycles. The number of hydrogen-bond acceptors (Lipinski definition) is 3. The van der Waals surface area contributed by atoms with Gasteiger partial charge in [-0.15, -0.1) is 0 Å². The maximum Gasteiger partial charge on any atom is 0.0746 e. The Morgan fingerprint density at radius 1 is 1.28 bits per heavy atom. The summed E-state index contributed by atoms with van der Waals surface area (Å²) in [5, 5.41) is 4.45. The zero-order valence-corrected chi connectivity index (χ0v) is 11.4. The Morgan fingerprint density at radius 3 is 2.50 bits per heavy atom. The first-order valence-electron chi connectivity index (χ1n) is 6.07. The highest BCUT2D eigenvalue weighted by Gasteiger charge is 2.20. The summed E-state index contributed by atoms with van der Waals surface area (Å²) in [6, 6.07) is 8.36. The van der Waals surface area contributed by atoms with Crippen LogP contribution in [0.15, 0.2) is 24.3 Å². The Bertz CT molecular complexity index is 557. The van der Waals surface area contributed by atoms with Crippen LogP contribution in [-0.2, 0) is 7.05 Å². The van der Waals surface area contributed by atoms with Crippen molar-refractivity contribution in [2.24, 2.45) is 12.9 Å². The number of nitrogens with two attached hydrogens (primary N) is 1. The highest BCUT2D eigenvalue weighted by molar-refractivity contribution is 5.38. The van der Waals surface area contributed by atoms with E-state index in [9.17, 15) is 0 Å². The molecule has 1 heterocycles. The van der Waals surface area contributed by atoms with Gasteiger partial charge in [-0.3, -0.25) is 10.5 Å². The predicted octanol–water partition coefficient (Wildman–Crippen LogP) is 1.90. The van der Waals surface area contributed by atoms with Crippen molar-refractivity contribution < 1.29 is 0 Å². The minimum Gasteiger partial charge on any atom is -0.272 e. The third kappa shape index (κ3) is 2.17. The van der Waals surface area contributed by atoms with Crippen LogP contribution < -0.4 is 11.3 Å². The Labute approximate surface area is 108 Å². The lowest BCUT2D eigenvalue weighted by molar-refractivity contribution is 0.628. The van der Waals surface area contributed by atoms with Gasteiger partial charge in [0, 0.05) is 18.3 Å². The van der Waals surface area contributed by atoms with E-state index in [-0.39, 0.29) is 6.04 Å². The van der Waals surface area contributed by atoms with Gasteiger partial charge in [0.25, 0.3) is 0 Å². The molecule has 1 unspecified atom stereocenters. The zero-order chi connectivity index (χ0) is 13.3. The molecule has 0 amide bonds. The summed E-state index contributed by atoms with van der Waals surface area (Å²) in [6.45, 7) is 6.16. The van der Waals surface area contributed by atoms with Crippen LogP contribution in [0.25, 0.3) is 0 Å². The first kappa shape index (κ1) is 12.8. The van der Waals surface area contributed by atoms with Crippen molar-refractivity contribution in [3.8, 4) is 0 Å². The lowest BCUT2D eigenvalue weighted by atomic mass is 9.96. The van der Waals surface area contributed by atoms with Crippen LogP contribution in [-0.4, -0.2) is 9.78 Å². The van der Waals surface area contributed by atoms with E-state index in [0.29, 0.717) is 0 Å². The zero-order valence-electron chi connectivity index (χ0n) is 11.4. The van der Waals surface area contributed by atoms with E-state index in [1.807, 2.05) is 18.7 Å². The second-order valence-corrected chi connectivity index (χ2v) is 4.72. The maximum absolute atomic E-state index is 5.75. The molecule has 4 heteroatoms. The minimum atomic E-state index is -0.0152. The van der Waals surface area contributed by atoms with E-state index in [0.717, 1.165) is 22.5 Å². The fourth-order valence-corrected chi connectivity index (χ4v) is 2.40. The SMILES string of the molecule is Cc1cccc(C(NN)c2c(C)nn(C)c2C)c1. The van der Waals surface area contributed by atoms with E-state index in [4.69, 9.17) is 5.84 Å². The molecule has 3 N–H and O–H groups in total. The molecule has 0 aliphatic carbocycles. The average molecular weight is 244 g/mol. The molecule has 0 radical (unpaired) electrons. The van der Waals surface area contributed by atoms with Gasteiger partial charge >= 0.3 is 0 Å². The third-order valence-electron chi connectivity index (χ3n) is 3.40. The lowest BCUT2D eigenvalue weighted by Crippen LogP contribution is -2.29. The lowest BCUT2D eigenvalue weighted by Gasteiger charge is -2.17. The van der Waals surface area contributed by atoms with Gasteiger partial charge in [0.15, 0.2) is 0 Å². The molecule has 1 atom stereocenters. The number of rotatable bonds is 3. The monoisotopic (exact) mass is 244 g/mol. The van der Waals surface area contributed by atoms with Crippen LogP contribution in [0.4, 0.5) is 0 Å². The minimum absolute atomic E-state index is 0.0152. The summed E-state index contributed by atoms with van der Waals surface area (Å²) in [6.07, 6.45) is 0. The van der Waals surface area contributed by atoms with Crippen LogP contribution >= 0.6 is 0 Å². The molecular formula is C14H20N4. The Kier molecular flexibility index (Phi) is 3.50. The summed E-state index contributed by atoms with van der Waals surface area (Å²) >= 11 is 0. The number of hydrazine groups is 1. The smallest absolute Gasteiger partial charge is 0.0746 e. The van der Waals surface area contributed by atoms with Crippen molar-refractivity contribution in [1.82, 2.24) is 15.2 Å². The van der Waals surface area contributed by atoms with Gasteiger partial charge in [0.2, 0.25) is 0 Å². The highest BCUT2D eigenvalue weighted by Crippen LogP contribution is 2.27. The second kappa shape index (κ2) is 4.92. The summed E-state index contributed by atoms with van der Waals surface area (Å²) < 4.78 is 1.89. The number of aryl methyl sites for hydroxylation is 3. The Morgan fingerprint density at radius 2 is 2.00 bits per heavy atom. The van der Waals surface area contributed by atoms with Gasteiger partial charge in [-0.05, 0) is 26.3 Å². The first-order valence-corrected chi connectivity index (χ1v) is 6.07. The Balaban J connectivity index is 2.52. The molecule has 2 aromatic rings. The molecule has 0 bridgehead atoms. The van der Waals surface area contributed by atoms with E-state index in [1.165, 1.54) is 5.56 Å². The van der Waals surface area contributed by atoms with Gasteiger partial charge in [-0.1, -0.05) is 29.8 Å². The molecule has 0 saturated heterocycles. The first-order chi connectivity index (χ1) is 8.54. The fraction of sp³-hybridized carbons (Fsp3) is 0.357. The molecule has 18 heavy (non-hydrogen) atoms. The summed E-state index contributed by atoms with van der Waals surface area (Å²) in [4.78, 5) is 0. The average Bonchev–Trinajstić information content (AvgIpc) is 2.57. The molecule has 0 fully saturated rings. The van der Waals surface area contributed by atoms with Crippen LogP contribution in [0.5, 0.6) is 0 Å². The van der Waals surface area contributed by atoms with Crippen molar-refractivity contribution in [1.29, 1.82) is 0 Å². The van der Waals surface area contributed by atoms with Crippen LogP contribution in [0.2, 0.25) is 0 Å². The highest BCUT2D eigenvalue weighted by atomic mass is 15.3. The van der Waals surface area contributed by atoms with Gasteiger partial charge in [0.05, 0.1) is 11.7 Å². The van der Waals surface area contributed by atoms with E-state index in [2.05, 4.69) is 48.6 Å². The summed E-state index contributed by atoms with van der Waals surface area (Å²) in [5.74, 6) is 5.75. The van der Waals surface area contributed by atoms with Gasteiger partial charge < -0.3 is 0 Å². The van der Waals surface area contributed by atoms with Crippen molar-refractivity contribution in [3.63, 3.8) is 0 Å². The molecule has 1 aromatic carbocycles. The number of hydrogen-bond donors (Lipinski definition) is 2. The van der Waals surface area contributed by atoms with Crippen molar-refractivity contribution in [2.75, 3.05) is 0 Å². The van der Waals surface area contributed by atoms with Gasteiger partial charge in [-0.25, -0.2) is 5.43 Å². The number of nitrogens with one attached hydrogen (secondary N) is 1. The summed E-state index contributed by atoms with van der Waals surface area (Å²) in [5.41, 5.74) is 8.60. The molecule has 1 aromatic heterocycles. The van der Waals surface area contributed by atoms with E-state index >= 15 is 0 Å². The third-order valence-corrected chi connectivity index (χ3v) is 3.40.